The molecule has 0 unspecified atom stereocenters. The first-order chi connectivity index (χ1) is 20.6. The van der Waals surface area contributed by atoms with Crippen molar-refractivity contribution in [2.24, 2.45) is 5.16 Å². The summed E-state index contributed by atoms with van der Waals surface area (Å²) in [7, 11) is 1.66. The van der Waals surface area contributed by atoms with Crippen molar-refractivity contribution in [3.63, 3.8) is 0 Å². The second-order valence-electron chi connectivity index (χ2n) is 9.94. The summed E-state index contributed by atoms with van der Waals surface area (Å²) in [6.45, 7) is 4.00. The molecule has 0 saturated carbocycles. The van der Waals surface area contributed by atoms with E-state index in [1.807, 2.05) is 103 Å². The fourth-order valence-electron chi connectivity index (χ4n) is 5.28. The summed E-state index contributed by atoms with van der Waals surface area (Å²) in [5, 5.41) is 13.8. The van der Waals surface area contributed by atoms with Crippen molar-refractivity contribution in [1.29, 1.82) is 0 Å². The van der Waals surface area contributed by atoms with Crippen molar-refractivity contribution in [3.05, 3.63) is 125 Å². The number of nitrogens with zero attached hydrogens (tertiary/aromatic N) is 7. The lowest BCUT2D eigenvalue weighted by molar-refractivity contribution is 0.125. The number of rotatable bonds is 7. The Morgan fingerprint density at radius 3 is 2.40 bits per heavy atom. The van der Waals surface area contributed by atoms with Crippen LogP contribution < -0.4 is 9.47 Å². The number of oxime groups is 1. The lowest BCUT2D eigenvalue weighted by Gasteiger charge is -2.26. The van der Waals surface area contributed by atoms with E-state index in [1.54, 1.807) is 18.0 Å². The molecule has 0 radical (unpaired) electrons. The summed E-state index contributed by atoms with van der Waals surface area (Å²) in [6.07, 6.45) is 1.61. The number of para-hydroxylation sites is 1. The van der Waals surface area contributed by atoms with E-state index in [0.29, 0.717) is 23.2 Å². The second kappa shape index (κ2) is 10.5. The summed E-state index contributed by atoms with van der Waals surface area (Å²) in [6, 6.07) is 27.8. The molecule has 1 aliphatic heterocycles. The lowest BCUT2D eigenvalue weighted by atomic mass is 9.84. The maximum Gasteiger partial charge on any atom is 0.230 e. The third-order valence-corrected chi connectivity index (χ3v) is 7.30. The third kappa shape index (κ3) is 4.43. The summed E-state index contributed by atoms with van der Waals surface area (Å²) in [5.41, 5.74) is 6.88. The van der Waals surface area contributed by atoms with Crippen molar-refractivity contribution in [3.8, 4) is 23.2 Å². The molecule has 10 nitrogen and oxygen atoms in total. The highest BCUT2D eigenvalue weighted by atomic mass is 16.6. The van der Waals surface area contributed by atoms with E-state index in [9.17, 15) is 0 Å². The Labute approximate surface area is 241 Å². The molecule has 10 heteroatoms. The molecule has 42 heavy (non-hydrogen) atoms. The zero-order chi connectivity index (χ0) is 28.6. The van der Waals surface area contributed by atoms with Gasteiger partial charge in [0.25, 0.3) is 0 Å². The van der Waals surface area contributed by atoms with Crippen LogP contribution >= 0.6 is 0 Å². The highest BCUT2D eigenvalue weighted by Crippen LogP contribution is 2.49. The van der Waals surface area contributed by atoms with Crippen molar-refractivity contribution in [2.75, 3.05) is 7.11 Å². The minimum atomic E-state index is -0.264. The molecule has 7 rings (SSSR count). The number of hydrogen-bond donors (Lipinski definition) is 0. The van der Waals surface area contributed by atoms with Crippen LogP contribution in [0.15, 0.2) is 96.4 Å². The van der Waals surface area contributed by atoms with E-state index < -0.39 is 0 Å². The molecular formula is C32H27N7O3. The van der Waals surface area contributed by atoms with Crippen LogP contribution in [-0.2, 0) is 11.4 Å². The molecule has 1 aliphatic rings. The lowest BCUT2D eigenvalue weighted by Crippen LogP contribution is -2.16. The predicted molar refractivity (Wildman–Crippen MR) is 157 cm³/mol. The molecule has 0 bridgehead atoms. The largest absolute Gasteiger partial charge is 0.497 e. The number of hydrogen-bond acceptors (Lipinski definition) is 8. The normalized spacial score (nSPS) is 14.3. The molecule has 208 valence electrons. The van der Waals surface area contributed by atoms with E-state index >= 15 is 0 Å². The van der Waals surface area contributed by atoms with Gasteiger partial charge < -0.3 is 14.3 Å². The Hall–Kier alpha value is -5.51. The van der Waals surface area contributed by atoms with Gasteiger partial charge in [0.15, 0.2) is 18.1 Å². The predicted octanol–water partition coefficient (Wildman–Crippen LogP) is 5.85. The number of aryl methyl sites for hydroxylation is 1. The Morgan fingerprint density at radius 2 is 1.67 bits per heavy atom. The first-order valence-corrected chi connectivity index (χ1v) is 13.5. The third-order valence-electron chi connectivity index (χ3n) is 7.30. The van der Waals surface area contributed by atoms with Gasteiger partial charge in [0.05, 0.1) is 41.2 Å². The maximum atomic E-state index is 6.49. The van der Waals surface area contributed by atoms with E-state index in [1.165, 1.54) is 0 Å². The minimum Gasteiger partial charge on any atom is -0.497 e. The molecule has 1 atom stereocenters. The average molecular weight is 558 g/mol. The van der Waals surface area contributed by atoms with E-state index in [4.69, 9.17) is 24.4 Å². The van der Waals surface area contributed by atoms with Crippen LogP contribution in [0, 0.1) is 6.92 Å². The van der Waals surface area contributed by atoms with Crippen molar-refractivity contribution in [2.45, 2.75) is 26.4 Å². The van der Waals surface area contributed by atoms with Crippen LogP contribution in [0.25, 0.3) is 11.3 Å². The smallest absolute Gasteiger partial charge is 0.230 e. The van der Waals surface area contributed by atoms with Gasteiger partial charge in [0.1, 0.15) is 12.1 Å². The number of benzene rings is 3. The topological polar surface area (TPSA) is 101 Å². The fourth-order valence-corrected chi connectivity index (χ4v) is 5.28. The van der Waals surface area contributed by atoms with Crippen LogP contribution in [0.2, 0.25) is 0 Å². The first-order valence-electron chi connectivity index (χ1n) is 13.5. The quantitative estimate of drug-likeness (QED) is 0.179. The Balaban J connectivity index is 1.32. The van der Waals surface area contributed by atoms with Crippen LogP contribution in [0.4, 0.5) is 0 Å². The van der Waals surface area contributed by atoms with Gasteiger partial charge >= 0.3 is 0 Å². The number of fused-ring (bicyclic) bond motifs is 4. The summed E-state index contributed by atoms with van der Waals surface area (Å²) >= 11 is 0. The van der Waals surface area contributed by atoms with Gasteiger partial charge in [-0.15, -0.1) is 5.10 Å². The monoisotopic (exact) mass is 557 g/mol. The van der Waals surface area contributed by atoms with E-state index in [-0.39, 0.29) is 12.5 Å². The zero-order valence-electron chi connectivity index (χ0n) is 23.3. The van der Waals surface area contributed by atoms with Crippen LogP contribution in [0.5, 0.6) is 17.5 Å². The number of methoxy groups -OCH3 is 1. The van der Waals surface area contributed by atoms with Crippen LogP contribution in [0.1, 0.15) is 46.6 Å². The summed E-state index contributed by atoms with van der Waals surface area (Å²) in [5.74, 6) is 2.06. The van der Waals surface area contributed by atoms with Crippen LogP contribution in [0.3, 0.4) is 0 Å². The molecular weight excluding hydrogens is 530 g/mol. The Morgan fingerprint density at radius 1 is 0.929 bits per heavy atom. The highest BCUT2D eigenvalue weighted by Gasteiger charge is 2.38. The van der Waals surface area contributed by atoms with Crippen LogP contribution in [-0.4, -0.2) is 42.2 Å². The summed E-state index contributed by atoms with van der Waals surface area (Å²) in [4.78, 5) is 15.2. The van der Waals surface area contributed by atoms with Gasteiger partial charge in [0.2, 0.25) is 11.8 Å². The van der Waals surface area contributed by atoms with E-state index in [0.717, 1.165) is 45.1 Å². The van der Waals surface area contributed by atoms with Gasteiger partial charge in [-0.3, -0.25) is 0 Å². The maximum absolute atomic E-state index is 6.49. The molecule has 6 aromatic rings. The standard InChI is InChI=1S/C32H27N7O3/c1-20(22-10-6-4-7-11-22)37-41-18-26-34-30-29-28(23-14-16-25(40-3)17-15-23)27-21(2)35-39(24-12-8-5-9-13-24)32(27)42-31(29)33-19-38(30)36-26/h4-17,19,28H,18H2,1-3H3/b37-20+/t28-/m1/s1. The molecule has 3 aromatic heterocycles. The van der Waals surface area contributed by atoms with E-state index in [2.05, 4.69) is 15.2 Å². The zero-order valence-corrected chi connectivity index (χ0v) is 23.3. The highest BCUT2D eigenvalue weighted by molar-refractivity contribution is 5.98. The SMILES string of the molecule is COc1ccc([C@@H]2c3c(C)nn(-c4ccccc4)c3Oc3ncn4nc(CO/N=C(\C)c5ccccc5)nc4c32)cc1. The summed E-state index contributed by atoms with van der Waals surface area (Å²) < 4.78 is 15.4. The number of ether oxygens (including phenoxy) is 2. The van der Waals surface area contributed by atoms with Gasteiger partial charge in [0, 0.05) is 0 Å². The van der Waals surface area contributed by atoms with Crippen molar-refractivity contribution >= 4 is 11.4 Å². The fraction of sp³-hybridized carbons (Fsp3) is 0.156. The van der Waals surface area contributed by atoms with Gasteiger partial charge in [-0.2, -0.15) is 5.10 Å². The molecule has 0 saturated heterocycles. The molecule has 0 spiro atoms. The van der Waals surface area contributed by atoms with Crippen molar-refractivity contribution < 1.29 is 14.3 Å². The number of aromatic nitrogens is 6. The van der Waals surface area contributed by atoms with Gasteiger partial charge in [-0.25, -0.2) is 19.2 Å². The van der Waals surface area contributed by atoms with Crippen molar-refractivity contribution in [1.82, 2.24) is 29.4 Å². The molecule has 3 aromatic carbocycles. The average Bonchev–Trinajstić information content (AvgIpc) is 3.61. The molecule has 0 N–H and O–H groups in total. The molecule has 0 fully saturated rings. The Kier molecular flexibility index (Phi) is 6.35. The van der Waals surface area contributed by atoms with Gasteiger partial charge in [-0.1, -0.05) is 65.8 Å². The minimum absolute atomic E-state index is 0.102. The molecule has 0 amide bonds. The molecule has 4 heterocycles. The second-order valence-corrected chi connectivity index (χ2v) is 9.94. The Bertz CT molecular complexity index is 1910. The van der Waals surface area contributed by atoms with Gasteiger partial charge in [-0.05, 0) is 49.2 Å². The molecule has 0 aliphatic carbocycles. The first kappa shape index (κ1) is 25.5.